The van der Waals surface area contributed by atoms with Crippen LogP contribution in [0.3, 0.4) is 0 Å². The van der Waals surface area contributed by atoms with E-state index in [1.165, 1.54) is 6.92 Å². The fourth-order valence-electron chi connectivity index (χ4n) is 2.83. The van der Waals surface area contributed by atoms with Crippen molar-refractivity contribution >= 4 is 11.6 Å². The zero-order chi connectivity index (χ0) is 17.8. The predicted molar refractivity (Wildman–Crippen MR) is 96.1 cm³/mol. The monoisotopic (exact) mass is 341 g/mol. The fraction of sp³-hybridized carbons (Fsp3) is 0.368. The molecular weight excluding hydrogens is 318 g/mol. The van der Waals surface area contributed by atoms with E-state index >= 15 is 0 Å². The second kappa shape index (κ2) is 7.42. The second-order valence-electron chi connectivity index (χ2n) is 6.18. The molecule has 1 atom stereocenters. The topological polar surface area (TPSA) is 63.7 Å². The number of hydrogen-bond acceptors (Lipinski definition) is 5. The normalized spacial score (nSPS) is 15.2. The minimum absolute atomic E-state index is 0.0122. The number of hydrogen-bond donors (Lipinski definition) is 1. The highest BCUT2D eigenvalue weighted by Crippen LogP contribution is 2.25. The van der Waals surface area contributed by atoms with E-state index < -0.39 is 0 Å². The minimum Gasteiger partial charge on any atom is -0.481 e. The Labute approximate surface area is 147 Å². The first-order chi connectivity index (χ1) is 12.0. The van der Waals surface area contributed by atoms with Crippen LogP contribution in [-0.2, 0) is 4.79 Å². The molecule has 6 nitrogen and oxygen atoms in total. The van der Waals surface area contributed by atoms with Crippen molar-refractivity contribution in [2.75, 3.05) is 25.1 Å². The lowest BCUT2D eigenvalue weighted by Gasteiger charge is -2.40. The first-order valence-electron chi connectivity index (χ1n) is 8.35. The maximum atomic E-state index is 11.1. The Bertz CT molecular complexity index is 727. The van der Waals surface area contributed by atoms with E-state index in [1.807, 2.05) is 31.2 Å². The molecule has 2 aromatic rings. The van der Waals surface area contributed by atoms with Crippen LogP contribution in [0, 0.1) is 0 Å². The van der Waals surface area contributed by atoms with Gasteiger partial charge in [0, 0.05) is 24.7 Å². The van der Waals surface area contributed by atoms with Gasteiger partial charge in [0.05, 0.1) is 26.2 Å². The van der Waals surface area contributed by atoms with E-state index in [4.69, 9.17) is 9.47 Å². The third kappa shape index (κ3) is 4.21. The van der Waals surface area contributed by atoms with E-state index in [2.05, 4.69) is 27.3 Å². The average Bonchev–Trinajstić information content (AvgIpc) is 2.57. The summed E-state index contributed by atoms with van der Waals surface area (Å²) in [7, 11) is 1.59. The molecule has 1 aliphatic heterocycles. The van der Waals surface area contributed by atoms with Gasteiger partial charge in [0.15, 0.2) is 0 Å². The highest BCUT2D eigenvalue weighted by atomic mass is 16.5. The van der Waals surface area contributed by atoms with Gasteiger partial charge in [0.2, 0.25) is 17.7 Å². The molecule has 2 heterocycles. The van der Waals surface area contributed by atoms with Crippen molar-refractivity contribution in [2.24, 2.45) is 0 Å². The molecule has 1 N–H and O–H groups in total. The van der Waals surface area contributed by atoms with Crippen LogP contribution in [0.2, 0.25) is 0 Å². The van der Waals surface area contributed by atoms with E-state index in [9.17, 15) is 4.79 Å². The summed E-state index contributed by atoms with van der Waals surface area (Å²) in [4.78, 5) is 17.7. The van der Waals surface area contributed by atoms with Gasteiger partial charge in [-0.15, -0.1) is 0 Å². The maximum absolute atomic E-state index is 11.1. The van der Waals surface area contributed by atoms with Crippen molar-refractivity contribution in [3.05, 3.63) is 48.0 Å². The molecule has 1 aromatic heterocycles. The molecule has 1 aromatic carbocycles. The first-order valence-corrected chi connectivity index (χ1v) is 8.35. The second-order valence-corrected chi connectivity index (χ2v) is 6.18. The summed E-state index contributed by atoms with van der Waals surface area (Å²) in [6.07, 6.45) is 0.123. The van der Waals surface area contributed by atoms with Crippen LogP contribution in [-0.4, -0.2) is 37.2 Å². The van der Waals surface area contributed by atoms with Crippen molar-refractivity contribution in [3.63, 3.8) is 0 Å². The summed E-state index contributed by atoms with van der Waals surface area (Å²) in [6.45, 7) is 5.15. The summed E-state index contributed by atoms with van der Waals surface area (Å²) < 4.78 is 11.0. The highest BCUT2D eigenvalue weighted by Gasteiger charge is 2.29. The number of aromatic nitrogens is 1. The fourth-order valence-corrected chi connectivity index (χ4v) is 2.83. The molecule has 1 fully saturated rings. The van der Waals surface area contributed by atoms with Crippen molar-refractivity contribution in [2.45, 2.75) is 26.0 Å². The Morgan fingerprint density at radius 1 is 1.20 bits per heavy atom. The average molecular weight is 341 g/mol. The van der Waals surface area contributed by atoms with Crippen LogP contribution in [0.25, 0.3) is 0 Å². The first kappa shape index (κ1) is 17.1. The lowest BCUT2D eigenvalue weighted by Crippen LogP contribution is -2.54. The molecule has 0 saturated carbocycles. The molecule has 25 heavy (non-hydrogen) atoms. The summed E-state index contributed by atoms with van der Waals surface area (Å²) >= 11 is 0. The molecular formula is C19H23N3O3. The SMILES string of the molecule is COc1cccc(OC2CN(c3ccc([C@H](C)NC(C)=O)cc3)C2)n1. The molecule has 132 valence electrons. The molecule has 1 saturated heterocycles. The number of nitrogens with zero attached hydrogens (tertiary/aromatic N) is 2. The van der Waals surface area contributed by atoms with E-state index in [1.54, 1.807) is 13.2 Å². The summed E-state index contributed by atoms with van der Waals surface area (Å²) in [5, 5.41) is 2.89. The van der Waals surface area contributed by atoms with Crippen LogP contribution in [0.4, 0.5) is 5.69 Å². The molecule has 0 spiro atoms. The van der Waals surface area contributed by atoms with E-state index in [-0.39, 0.29) is 18.1 Å². The molecule has 0 radical (unpaired) electrons. The van der Waals surface area contributed by atoms with Crippen molar-refractivity contribution in [1.82, 2.24) is 10.3 Å². The lowest BCUT2D eigenvalue weighted by atomic mass is 10.1. The summed E-state index contributed by atoms with van der Waals surface area (Å²) in [5.74, 6) is 1.12. The Kier molecular flexibility index (Phi) is 5.07. The van der Waals surface area contributed by atoms with Crippen molar-refractivity contribution < 1.29 is 14.3 Å². The van der Waals surface area contributed by atoms with Crippen molar-refractivity contribution in [1.29, 1.82) is 0 Å². The number of rotatable bonds is 6. The number of methoxy groups -OCH3 is 1. The Hall–Kier alpha value is -2.76. The van der Waals surface area contributed by atoms with Crippen LogP contribution in [0.1, 0.15) is 25.5 Å². The Balaban J connectivity index is 1.53. The number of amides is 1. The number of anilines is 1. The van der Waals surface area contributed by atoms with Crippen LogP contribution in [0.15, 0.2) is 42.5 Å². The van der Waals surface area contributed by atoms with Gasteiger partial charge in [0.25, 0.3) is 0 Å². The molecule has 0 unspecified atom stereocenters. The smallest absolute Gasteiger partial charge is 0.217 e. The van der Waals surface area contributed by atoms with E-state index in [0.717, 1.165) is 24.3 Å². The predicted octanol–water partition coefficient (Wildman–Crippen LogP) is 2.55. The quantitative estimate of drug-likeness (QED) is 0.875. The summed E-state index contributed by atoms with van der Waals surface area (Å²) in [6, 6.07) is 13.8. The zero-order valence-electron chi connectivity index (χ0n) is 14.7. The third-order valence-electron chi connectivity index (χ3n) is 4.22. The molecule has 3 rings (SSSR count). The van der Waals surface area contributed by atoms with Gasteiger partial charge in [-0.25, -0.2) is 0 Å². The summed E-state index contributed by atoms with van der Waals surface area (Å²) in [5.41, 5.74) is 2.24. The number of carbonyl (C=O) groups excluding carboxylic acids is 1. The van der Waals surface area contributed by atoms with E-state index in [0.29, 0.717) is 11.8 Å². The molecule has 6 heteroatoms. The number of pyridine rings is 1. The van der Waals surface area contributed by atoms with Gasteiger partial charge in [-0.1, -0.05) is 18.2 Å². The molecule has 0 bridgehead atoms. The standard InChI is InChI=1S/C19H23N3O3/c1-13(20-14(2)23)15-7-9-16(10-8-15)22-11-17(12-22)25-19-6-4-5-18(21-19)24-3/h4-10,13,17H,11-12H2,1-3H3,(H,20,23)/t13-/m0/s1. The zero-order valence-corrected chi connectivity index (χ0v) is 14.7. The Morgan fingerprint density at radius 3 is 2.52 bits per heavy atom. The van der Waals surface area contributed by atoms with Gasteiger partial charge in [-0.05, 0) is 24.6 Å². The number of nitrogens with one attached hydrogen (secondary N) is 1. The van der Waals surface area contributed by atoms with Crippen LogP contribution >= 0.6 is 0 Å². The lowest BCUT2D eigenvalue weighted by molar-refractivity contribution is -0.119. The minimum atomic E-state index is -0.0227. The highest BCUT2D eigenvalue weighted by molar-refractivity contribution is 5.73. The Morgan fingerprint density at radius 2 is 1.88 bits per heavy atom. The third-order valence-corrected chi connectivity index (χ3v) is 4.22. The van der Waals surface area contributed by atoms with Gasteiger partial charge in [-0.3, -0.25) is 4.79 Å². The van der Waals surface area contributed by atoms with Gasteiger partial charge >= 0.3 is 0 Å². The largest absolute Gasteiger partial charge is 0.481 e. The number of carbonyl (C=O) groups is 1. The molecule has 1 amide bonds. The van der Waals surface area contributed by atoms with Gasteiger partial charge in [-0.2, -0.15) is 4.98 Å². The van der Waals surface area contributed by atoms with Gasteiger partial charge < -0.3 is 19.7 Å². The van der Waals surface area contributed by atoms with Crippen LogP contribution < -0.4 is 19.7 Å². The molecule has 0 aliphatic carbocycles. The molecule has 1 aliphatic rings. The van der Waals surface area contributed by atoms with Gasteiger partial charge in [0.1, 0.15) is 6.10 Å². The number of benzene rings is 1. The maximum Gasteiger partial charge on any atom is 0.217 e. The van der Waals surface area contributed by atoms with Crippen LogP contribution in [0.5, 0.6) is 11.8 Å². The van der Waals surface area contributed by atoms with Crippen molar-refractivity contribution in [3.8, 4) is 11.8 Å². The number of ether oxygens (including phenoxy) is 2.